The number of hydrogen-bond acceptors (Lipinski definition) is 6. The maximum absolute atomic E-state index is 13.5. The molecular formula is C21H20FN5O3S. The number of nitrogens with two attached hydrogens (primary N) is 1. The van der Waals surface area contributed by atoms with Crippen molar-refractivity contribution in [2.24, 2.45) is 0 Å². The van der Waals surface area contributed by atoms with E-state index in [2.05, 4.69) is 15.9 Å². The Morgan fingerprint density at radius 1 is 1.29 bits per heavy atom. The number of anilines is 2. The largest absolute Gasteiger partial charge is 0.495 e. The number of sulfonamides is 1. The molecule has 4 rings (SSSR count). The Morgan fingerprint density at radius 2 is 2.00 bits per heavy atom. The van der Waals surface area contributed by atoms with Crippen molar-refractivity contribution >= 4 is 21.5 Å². The van der Waals surface area contributed by atoms with Crippen molar-refractivity contribution in [3.8, 4) is 23.1 Å². The Hall–Kier alpha value is -3.58. The van der Waals surface area contributed by atoms with Crippen molar-refractivity contribution in [3.05, 3.63) is 59.4 Å². The van der Waals surface area contributed by atoms with Gasteiger partial charge in [-0.2, -0.15) is 10.4 Å². The summed E-state index contributed by atoms with van der Waals surface area (Å²) in [6.45, 7) is 0. The van der Waals surface area contributed by atoms with E-state index in [1.165, 1.54) is 19.2 Å². The molecule has 0 bridgehead atoms. The molecule has 31 heavy (non-hydrogen) atoms. The lowest BCUT2D eigenvalue weighted by Crippen LogP contribution is -2.15. The maximum Gasteiger partial charge on any atom is 0.237 e. The topological polar surface area (TPSA) is 123 Å². The van der Waals surface area contributed by atoms with Crippen LogP contribution in [0.5, 0.6) is 5.75 Å². The quantitative estimate of drug-likeness (QED) is 0.579. The number of nitrogens with one attached hydrogen (secondary N) is 1. The lowest BCUT2D eigenvalue weighted by atomic mass is 10.1. The molecule has 8 nitrogen and oxygen atoms in total. The van der Waals surface area contributed by atoms with Crippen LogP contribution in [0.3, 0.4) is 0 Å². The molecule has 0 spiro atoms. The molecule has 2 aromatic carbocycles. The van der Waals surface area contributed by atoms with Crippen LogP contribution < -0.4 is 15.2 Å². The zero-order valence-electron chi connectivity index (χ0n) is 16.7. The lowest BCUT2D eigenvalue weighted by molar-refractivity contribution is 0.416. The van der Waals surface area contributed by atoms with Gasteiger partial charge in [-0.05, 0) is 30.5 Å². The smallest absolute Gasteiger partial charge is 0.237 e. The summed E-state index contributed by atoms with van der Waals surface area (Å²) < 4.78 is 47.8. The zero-order chi connectivity index (χ0) is 22.2. The number of ether oxygens (including phenoxy) is 1. The van der Waals surface area contributed by atoms with E-state index in [1.54, 1.807) is 28.9 Å². The normalized spacial score (nSPS) is 13.6. The highest BCUT2D eigenvalue weighted by molar-refractivity contribution is 7.91. The molecule has 3 aromatic rings. The minimum absolute atomic E-state index is 0.0267. The van der Waals surface area contributed by atoms with Crippen LogP contribution >= 0.6 is 0 Å². The van der Waals surface area contributed by atoms with Crippen molar-refractivity contribution in [3.63, 3.8) is 0 Å². The third-order valence-corrected chi connectivity index (χ3v) is 6.21. The Labute approximate surface area is 179 Å². The number of aromatic nitrogens is 2. The van der Waals surface area contributed by atoms with Gasteiger partial charge in [0.15, 0.2) is 0 Å². The average Bonchev–Trinajstić information content (AvgIpc) is 3.51. The fourth-order valence-corrected chi connectivity index (χ4v) is 4.50. The second kappa shape index (κ2) is 7.92. The second-order valence-corrected chi connectivity index (χ2v) is 9.02. The molecule has 10 heteroatoms. The van der Waals surface area contributed by atoms with Crippen LogP contribution in [0.15, 0.2) is 42.5 Å². The van der Waals surface area contributed by atoms with Crippen molar-refractivity contribution in [2.45, 2.75) is 24.6 Å². The van der Waals surface area contributed by atoms with E-state index in [-0.39, 0.29) is 23.2 Å². The number of rotatable bonds is 7. The summed E-state index contributed by atoms with van der Waals surface area (Å²) in [5.74, 6) is -0.342. The summed E-state index contributed by atoms with van der Waals surface area (Å²) in [7, 11) is -2.45. The van der Waals surface area contributed by atoms with Crippen molar-refractivity contribution < 1.29 is 17.5 Å². The second-order valence-electron chi connectivity index (χ2n) is 7.30. The van der Waals surface area contributed by atoms with Gasteiger partial charge >= 0.3 is 0 Å². The summed E-state index contributed by atoms with van der Waals surface area (Å²) in [4.78, 5) is 0. The molecule has 1 aromatic heterocycles. The highest BCUT2D eigenvalue weighted by Gasteiger charge is 2.29. The molecule has 0 saturated heterocycles. The number of benzene rings is 2. The predicted octanol–water partition coefficient (Wildman–Crippen LogP) is 3.43. The van der Waals surface area contributed by atoms with Gasteiger partial charge in [-0.1, -0.05) is 24.3 Å². The number of nitrogen functional groups attached to an aromatic ring is 1. The fraction of sp³-hybridized carbons (Fsp3) is 0.238. The maximum atomic E-state index is 13.5. The third kappa shape index (κ3) is 4.32. The van der Waals surface area contributed by atoms with Crippen LogP contribution in [0, 0.1) is 17.1 Å². The first kappa shape index (κ1) is 20.7. The van der Waals surface area contributed by atoms with Crippen LogP contribution in [-0.4, -0.2) is 25.3 Å². The minimum atomic E-state index is -3.82. The van der Waals surface area contributed by atoms with Gasteiger partial charge in [-0.15, -0.1) is 0 Å². The van der Waals surface area contributed by atoms with Gasteiger partial charge in [-0.3, -0.25) is 4.72 Å². The molecule has 0 radical (unpaired) electrons. The molecule has 3 N–H and O–H groups in total. The molecule has 160 valence electrons. The van der Waals surface area contributed by atoms with E-state index in [0.29, 0.717) is 28.2 Å². The summed E-state index contributed by atoms with van der Waals surface area (Å²) in [5, 5.41) is 14.0. The van der Waals surface area contributed by atoms with Gasteiger partial charge in [0.05, 0.1) is 24.6 Å². The van der Waals surface area contributed by atoms with E-state index >= 15 is 0 Å². The third-order valence-electron chi connectivity index (χ3n) is 4.96. The zero-order valence-corrected chi connectivity index (χ0v) is 17.5. The molecule has 0 atom stereocenters. The molecular weight excluding hydrogens is 421 g/mol. The van der Waals surface area contributed by atoms with Crippen LogP contribution in [0.2, 0.25) is 0 Å². The van der Waals surface area contributed by atoms with Gasteiger partial charge in [0.2, 0.25) is 10.0 Å². The van der Waals surface area contributed by atoms with Crippen LogP contribution in [0.25, 0.3) is 11.3 Å². The predicted molar refractivity (Wildman–Crippen MR) is 114 cm³/mol. The first-order valence-corrected chi connectivity index (χ1v) is 11.2. The Morgan fingerprint density at radius 3 is 2.61 bits per heavy atom. The van der Waals surface area contributed by atoms with Gasteiger partial charge < -0.3 is 10.5 Å². The van der Waals surface area contributed by atoms with E-state index < -0.39 is 15.8 Å². The van der Waals surface area contributed by atoms with Crippen LogP contribution in [0.4, 0.5) is 15.9 Å². The van der Waals surface area contributed by atoms with Crippen LogP contribution in [-0.2, 0) is 15.8 Å². The van der Waals surface area contributed by atoms with Crippen LogP contribution in [0.1, 0.15) is 30.0 Å². The van der Waals surface area contributed by atoms with Crippen molar-refractivity contribution in [2.75, 3.05) is 17.6 Å². The molecule has 1 aliphatic carbocycles. The Bertz CT molecular complexity index is 1280. The Balaban J connectivity index is 1.55. The highest BCUT2D eigenvalue weighted by Crippen LogP contribution is 2.39. The monoisotopic (exact) mass is 441 g/mol. The summed E-state index contributed by atoms with van der Waals surface area (Å²) in [6.07, 6.45) is 1.96. The van der Waals surface area contributed by atoms with Gasteiger partial charge in [0.1, 0.15) is 34.7 Å². The average molecular weight is 441 g/mol. The lowest BCUT2D eigenvalue weighted by Gasteiger charge is -2.12. The molecule has 0 aliphatic heterocycles. The van der Waals surface area contributed by atoms with Crippen molar-refractivity contribution in [1.82, 2.24) is 9.78 Å². The molecule has 0 amide bonds. The molecule has 0 unspecified atom stereocenters. The molecule has 1 aliphatic rings. The fourth-order valence-electron chi connectivity index (χ4n) is 3.30. The number of nitrogens with zero attached hydrogens (tertiary/aromatic N) is 3. The standard InChI is InChI=1S/C21H20FN5O3S/c1-30-19-9-6-15(22)10-18(19)26-31(28,29)12-13-2-4-14(5-3-13)20-17(11-23)21(24)27(25-20)16-7-8-16/h2-6,9-10,16,26H,7-8,12,24H2,1H3. The first-order chi connectivity index (χ1) is 14.8. The number of hydrogen-bond donors (Lipinski definition) is 2. The van der Waals surface area contributed by atoms with E-state index in [4.69, 9.17) is 10.5 Å². The summed E-state index contributed by atoms with van der Waals surface area (Å²) in [6, 6.07) is 12.6. The summed E-state index contributed by atoms with van der Waals surface area (Å²) >= 11 is 0. The SMILES string of the molecule is COc1ccc(F)cc1NS(=O)(=O)Cc1ccc(-c2nn(C3CC3)c(N)c2C#N)cc1. The van der Waals surface area contributed by atoms with E-state index in [0.717, 1.165) is 18.9 Å². The number of methoxy groups -OCH3 is 1. The number of nitriles is 1. The van der Waals surface area contributed by atoms with Crippen molar-refractivity contribution in [1.29, 1.82) is 5.26 Å². The highest BCUT2D eigenvalue weighted by atomic mass is 32.2. The van der Waals surface area contributed by atoms with Gasteiger partial charge in [0.25, 0.3) is 0 Å². The van der Waals surface area contributed by atoms with Gasteiger partial charge in [-0.25, -0.2) is 17.5 Å². The molecule has 1 fully saturated rings. The Kier molecular flexibility index (Phi) is 5.29. The van der Waals surface area contributed by atoms with E-state index in [9.17, 15) is 18.1 Å². The summed E-state index contributed by atoms with van der Waals surface area (Å²) in [5.41, 5.74) is 8.07. The van der Waals surface area contributed by atoms with E-state index in [1.807, 2.05) is 0 Å². The number of halogens is 1. The van der Waals surface area contributed by atoms with Gasteiger partial charge in [0, 0.05) is 11.6 Å². The minimum Gasteiger partial charge on any atom is -0.495 e. The first-order valence-electron chi connectivity index (χ1n) is 9.52. The molecule has 1 saturated carbocycles. The molecule has 1 heterocycles.